The van der Waals surface area contributed by atoms with Gasteiger partial charge in [0.25, 0.3) is 0 Å². The second kappa shape index (κ2) is 8.48. The topological polar surface area (TPSA) is 58.2 Å². The van der Waals surface area contributed by atoms with E-state index < -0.39 is 0 Å². The first kappa shape index (κ1) is 20.6. The smallest absolute Gasteiger partial charge is 0.337 e. The number of H-pyrrole nitrogens is 1. The number of nitrogens with one attached hydrogen (secondary N) is 1. The van der Waals surface area contributed by atoms with E-state index in [2.05, 4.69) is 50.8 Å². The van der Waals surface area contributed by atoms with E-state index in [1.165, 1.54) is 19.1 Å². The lowest BCUT2D eigenvalue weighted by molar-refractivity contribution is 0.0601. The van der Waals surface area contributed by atoms with Crippen LogP contribution in [0, 0.1) is 23.7 Å². The SMILES string of the molecule is COC(=O)c1ccc2nc(CC3CC(C(C)C)C(CN(C)C)C=C3C)[nH]c2c1. The van der Waals surface area contributed by atoms with Crippen molar-refractivity contribution in [2.24, 2.45) is 23.7 Å². The van der Waals surface area contributed by atoms with Crippen molar-refractivity contribution in [3.8, 4) is 0 Å². The summed E-state index contributed by atoms with van der Waals surface area (Å²) in [4.78, 5) is 22.2. The van der Waals surface area contributed by atoms with E-state index in [4.69, 9.17) is 9.72 Å². The van der Waals surface area contributed by atoms with Crippen LogP contribution in [0.2, 0.25) is 0 Å². The first-order valence-electron chi connectivity index (χ1n) is 10.2. The van der Waals surface area contributed by atoms with E-state index in [0.29, 0.717) is 29.2 Å². The summed E-state index contributed by atoms with van der Waals surface area (Å²) in [5, 5.41) is 0. The molecule has 0 amide bonds. The van der Waals surface area contributed by atoms with Crippen LogP contribution in [0.3, 0.4) is 0 Å². The molecule has 0 aliphatic heterocycles. The number of carbonyl (C=O) groups excluding carboxylic acids is 1. The Morgan fingerprint density at radius 1 is 1.36 bits per heavy atom. The van der Waals surface area contributed by atoms with Crippen molar-refractivity contribution in [1.29, 1.82) is 0 Å². The Morgan fingerprint density at radius 2 is 2.11 bits per heavy atom. The van der Waals surface area contributed by atoms with E-state index in [0.717, 1.165) is 29.8 Å². The van der Waals surface area contributed by atoms with Gasteiger partial charge >= 0.3 is 5.97 Å². The maximum atomic E-state index is 11.8. The quantitative estimate of drug-likeness (QED) is 0.597. The fourth-order valence-corrected chi connectivity index (χ4v) is 4.54. The van der Waals surface area contributed by atoms with Crippen LogP contribution in [0.4, 0.5) is 0 Å². The summed E-state index contributed by atoms with van der Waals surface area (Å²) in [5.74, 6) is 3.14. The number of aromatic nitrogens is 2. The van der Waals surface area contributed by atoms with Crippen molar-refractivity contribution >= 4 is 17.0 Å². The lowest BCUT2D eigenvalue weighted by atomic mass is 9.69. The molecular formula is C23H33N3O2. The molecule has 2 aromatic rings. The average molecular weight is 384 g/mol. The van der Waals surface area contributed by atoms with Crippen molar-refractivity contribution in [3.63, 3.8) is 0 Å². The van der Waals surface area contributed by atoms with Crippen molar-refractivity contribution in [2.75, 3.05) is 27.7 Å². The van der Waals surface area contributed by atoms with Crippen LogP contribution in [-0.2, 0) is 11.2 Å². The molecular weight excluding hydrogens is 350 g/mol. The van der Waals surface area contributed by atoms with Gasteiger partial charge in [-0.05, 0) is 69.3 Å². The molecule has 0 radical (unpaired) electrons. The predicted molar refractivity (Wildman–Crippen MR) is 113 cm³/mol. The molecule has 0 spiro atoms. The molecule has 1 aromatic heterocycles. The summed E-state index contributed by atoms with van der Waals surface area (Å²) in [6, 6.07) is 5.48. The van der Waals surface area contributed by atoms with E-state index in [1.54, 1.807) is 6.07 Å². The van der Waals surface area contributed by atoms with Gasteiger partial charge in [0, 0.05) is 13.0 Å². The number of rotatable bonds is 6. The Bertz CT molecular complexity index is 866. The summed E-state index contributed by atoms with van der Waals surface area (Å²) in [5.41, 5.74) is 3.80. The Labute approximate surface area is 168 Å². The standard InChI is InChI=1S/C23H33N3O2/c1-14(2)19-10-17(15(3)9-18(19)13-26(4)5)12-22-24-20-8-7-16(23(27)28-6)11-21(20)25-22/h7-9,11,14,17-19H,10,12-13H2,1-6H3,(H,24,25). The molecule has 28 heavy (non-hydrogen) atoms. The van der Waals surface area contributed by atoms with E-state index in [1.807, 2.05) is 12.1 Å². The van der Waals surface area contributed by atoms with Crippen molar-refractivity contribution in [3.05, 3.63) is 41.2 Å². The van der Waals surface area contributed by atoms with Crippen LogP contribution in [0.1, 0.15) is 43.4 Å². The number of carbonyl (C=O) groups is 1. The van der Waals surface area contributed by atoms with Gasteiger partial charge in [-0.2, -0.15) is 0 Å². The molecule has 1 heterocycles. The molecule has 1 aliphatic carbocycles. The molecule has 152 valence electrons. The molecule has 3 rings (SSSR count). The van der Waals surface area contributed by atoms with Gasteiger partial charge in [-0.15, -0.1) is 0 Å². The molecule has 0 bridgehead atoms. The molecule has 3 atom stereocenters. The zero-order valence-corrected chi connectivity index (χ0v) is 18.0. The van der Waals surface area contributed by atoms with Gasteiger partial charge in [-0.1, -0.05) is 25.5 Å². The van der Waals surface area contributed by atoms with Gasteiger partial charge in [0.15, 0.2) is 0 Å². The molecule has 0 saturated carbocycles. The van der Waals surface area contributed by atoms with E-state index in [-0.39, 0.29) is 5.97 Å². The molecule has 1 N–H and O–H groups in total. The van der Waals surface area contributed by atoms with Gasteiger partial charge in [-0.25, -0.2) is 9.78 Å². The fraction of sp³-hybridized carbons (Fsp3) is 0.565. The zero-order valence-electron chi connectivity index (χ0n) is 18.0. The second-order valence-corrected chi connectivity index (χ2v) is 8.79. The minimum atomic E-state index is -0.323. The first-order valence-corrected chi connectivity index (χ1v) is 10.2. The third kappa shape index (κ3) is 4.46. The molecule has 1 aromatic carbocycles. The highest BCUT2D eigenvalue weighted by atomic mass is 16.5. The summed E-state index contributed by atoms with van der Waals surface area (Å²) in [6.45, 7) is 8.05. The van der Waals surface area contributed by atoms with Crippen molar-refractivity contribution < 1.29 is 9.53 Å². The van der Waals surface area contributed by atoms with Crippen LogP contribution in [0.15, 0.2) is 29.8 Å². The van der Waals surface area contributed by atoms with Crippen LogP contribution in [0.5, 0.6) is 0 Å². The van der Waals surface area contributed by atoms with Gasteiger partial charge in [-0.3, -0.25) is 0 Å². The highest BCUT2D eigenvalue weighted by Crippen LogP contribution is 2.39. The number of aromatic amines is 1. The maximum Gasteiger partial charge on any atom is 0.337 e. The highest BCUT2D eigenvalue weighted by Gasteiger charge is 2.32. The van der Waals surface area contributed by atoms with Crippen LogP contribution < -0.4 is 0 Å². The minimum Gasteiger partial charge on any atom is -0.465 e. The van der Waals surface area contributed by atoms with Crippen LogP contribution in [0.25, 0.3) is 11.0 Å². The van der Waals surface area contributed by atoms with Crippen LogP contribution in [-0.4, -0.2) is 48.6 Å². The molecule has 0 saturated heterocycles. The number of benzene rings is 1. The maximum absolute atomic E-state index is 11.8. The number of ether oxygens (including phenoxy) is 1. The summed E-state index contributed by atoms with van der Waals surface area (Å²) < 4.78 is 4.82. The second-order valence-electron chi connectivity index (χ2n) is 8.79. The first-order chi connectivity index (χ1) is 13.3. The Kier molecular flexibility index (Phi) is 6.23. The van der Waals surface area contributed by atoms with E-state index in [9.17, 15) is 4.79 Å². The third-order valence-electron chi connectivity index (χ3n) is 6.05. The number of esters is 1. The van der Waals surface area contributed by atoms with E-state index >= 15 is 0 Å². The Balaban J connectivity index is 1.81. The van der Waals surface area contributed by atoms with Crippen LogP contribution >= 0.6 is 0 Å². The normalized spacial score (nSPS) is 22.7. The molecule has 0 fully saturated rings. The monoisotopic (exact) mass is 383 g/mol. The number of hydrogen-bond acceptors (Lipinski definition) is 4. The van der Waals surface area contributed by atoms with Crippen molar-refractivity contribution in [1.82, 2.24) is 14.9 Å². The summed E-state index contributed by atoms with van der Waals surface area (Å²) in [6.07, 6.45) is 4.60. The third-order valence-corrected chi connectivity index (χ3v) is 6.05. The number of nitrogens with zero attached hydrogens (tertiary/aromatic N) is 2. The zero-order chi connectivity index (χ0) is 20.4. The summed E-state index contributed by atoms with van der Waals surface area (Å²) >= 11 is 0. The fourth-order valence-electron chi connectivity index (χ4n) is 4.54. The van der Waals surface area contributed by atoms with Crippen molar-refractivity contribution in [2.45, 2.75) is 33.6 Å². The highest BCUT2D eigenvalue weighted by molar-refractivity contribution is 5.93. The summed E-state index contributed by atoms with van der Waals surface area (Å²) in [7, 11) is 5.71. The number of imidazole rings is 1. The Morgan fingerprint density at radius 3 is 2.75 bits per heavy atom. The molecule has 5 heteroatoms. The molecule has 1 aliphatic rings. The van der Waals surface area contributed by atoms with Gasteiger partial charge in [0.05, 0.1) is 23.7 Å². The minimum absolute atomic E-state index is 0.323. The molecule has 5 nitrogen and oxygen atoms in total. The number of hydrogen-bond donors (Lipinski definition) is 1. The van der Waals surface area contributed by atoms with Gasteiger partial charge in [0.1, 0.15) is 5.82 Å². The number of fused-ring (bicyclic) bond motifs is 1. The lowest BCUT2D eigenvalue weighted by Crippen LogP contribution is -2.34. The van der Waals surface area contributed by atoms with Gasteiger partial charge < -0.3 is 14.6 Å². The number of allylic oxidation sites excluding steroid dienone is 1. The largest absolute Gasteiger partial charge is 0.465 e. The predicted octanol–water partition coefficient (Wildman–Crippen LogP) is 4.31. The number of methoxy groups -OCH3 is 1. The molecule has 3 unspecified atom stereocenters. The average Bonchev–Trinajstić information content (AvgIpc) is 3.03. The Hall–Kier alpha value is -2.14. The van der Waals surface area contributed by atoms with Gasteiger partial charge in [0.2, 0.25) is 0 Å². The lowest BCUT2D eigenvalue weighted by Gasteiger charge is -2.38.